The number of anilines is 2. The number of nitrogens with zero attached hydrogens (tertiary/aromatic N) is 2. The van der Waals surface area contributed by atoms with Crippen LogP contribution in [0.25, 0.3) is 0 Å². The highest BCUT2D eigenvalue weighted by molar-refractivity contribution is 7.92. The third kappa shape index (κ3) is 2.33. The van der Waals surface area contributed by atoms with Gasteiger partial charge in [0.15, 0.2) is 0 Å². The predicted molar refractivity (Wildman–Crippen MR) is 94.5 cm³/mol. The Labute approximate surface area is 142 Å². The second kappa shape index (κ2) is 5.70. The van der Waals surface area contributed by atoms with E-state index < -0.39 is 10.0 Å². The zero-order valence-electron chi connectivity index (χ0n) is 13.6. The van der Waals surface area contributed by atoms with E-state index in [0.29, 0.717) is 30.3 Å². The van der Waals surface area contributed by atoms with E-state index in [1.54, 1.807) is 12.1 Å². The number of rotatable bonds is 3. The summed E-state index contributed by atoms with van der Waals surface area (Å²) in [6, 6.07) is 12.8. The first-order valence-electron chi connectivity index (χ1n) is 8.23. The lowest BCUT2D eigenvalue weighted by molar-refractivity contribution is 0.307. The molecular weight excluding hydrogens is 324 g/mol. The lowest BCUT2D eigenvalue weighted by Crippen LogP contribution is -2.46. The molecule has 0 saturated carbocycles. The fourth-order valence-corrected chi connectivity index (χ4v) is 4.82. The molecule has 0 aliphatic carbocycles. The van der Waals surface area contributed by atoms with Crippen LogP contribution in [0.5, 0.6) is 5.75 Å². The summed E-state index contributed by atoms with van der Waals surface area (Å²) in [4.78, 5) is 2.54. The van der Waals surface area contributed by atoms with Crippen LogP contribution in [0.2, 0.25) is 0 Å². The molecule has 2 aromatic carbocycles. The van der Waals surface area contributed by atoms with E-state index in [-0.39, 0.29) is 0 Å². The molecular formula is C18H20N2O3S. The maximum Gasteiger partial charge on any atom is 0.264 e. The minimum absolute atomic E-state index is 0.336. The van der Waals surface area contributed by atoms with Crippen molar-refractivity contribution in [1.82, 2.24) is 0 Å². The molecule has 0 spiro atoms. The summed E-state index contributed by atoms with van der Waals surface area (Å²) in [5.74, 6) is 0.764. The van der Waals surface area contributed by atoms with Gasteiger partial charge in [-0.25, -0.2) is 8.42 Å². The average Bonchev–Trinajstić information content (AvgIpc) is 2.62. The van der Waals surface area contributed by atoms with Gasteiger partial charge >= 0.3 is 0 Å². The smallest absolute Gasteiger partial charge is 0.264 e. The summed E-state index contributed by atoms with van der Waals surface area (Å²) in [5, 5.41) is 0. The quantitative estimate of drug-likeness (QED) is 0.859. The highest BCUT2D eigenvalue weighted by Crippen LogP contribution is 2.44. The highest BCUT2D eigenvalue weighted by atomic mass is 32.2. The van der Waals surface area contributed by atoms with Crippen molar-refractivity contribution >= 4 is 21.4 Å². The Morgan fingerprint density at radius 3 is 2.58 bits per heavy atom. The van der Waals surface area contributed by atoms with Crippen molar-refractivity contribution in [3.05, 3.63) is 48.0 Å². The Morgan fingerprint density at radius 2 is 1.83 bits per heavy atom. The van der Waals surface area contributed by atoms with Crippen molar-refractivity contribution in [1.29, 1.82) is 0 Å². The molecule has 0 N–H and O–H groups in total. The van der Waals surface area contributed by atoms with Gasteiger partial charge in [-0.05, 0) is 36.2 Å². The van der Waals surface area contributed by atoms with Gasteiger partial charge in [-0.1, -0.05) is 25.1 Å². The van der Waals surface area contributed by atoms with E-state index in [1.807, 2.05) is 30.3 Å². The van der Waals surface area contributed by atoms with Crippen LogP contribution in [-0.4, -0.2) is 34.7 Å². The molecule has 0 bridgehead atoms. The van der Waals surface area contributed by atoms with Crippen molar-refractivity contribution < 1.29 is 13.2 Å². The van der Waals surface area contributed by atoms with E-state index in [0.717, 1.165) is 30.0 Å². The summed E-state index contributed by atoms with van der Waals surface area (Å²) < 4.78 is 33.5. The SMILES string of the molecule is CCc1ccc(S(=O)(=O)N2CCN3CCOc4cccc2c43)cc1. The fraction of sp³-hybridized carbons (Fsp3) is 0.333. The van der Waals surface area contributed by atoms with E-state index in [1.165, 1.54) is 4.31 Å². The van der Waals surface area contributed by atoms with Gasteiger partial charge in [0, 0.05) is 6.54 Å². The monoisotopic (exact) mass is 344 g/mol. The van der Waals surface area contributed by atoms with Gasteiger partial charge in [0.05, 0.1) is 23.7 Å². The second-order valence-electron chi connectivity index (χ2n) is 6.03. The number of hydrogen-bond acceptors (Lipinski definition) is 4. The summed E-state index contributed by atoms with van der Waals surface area (Å²) in [6.45, 7) is 4.62. The van der Waals surface area contributed by atoms with Crippen molar-refractivity contribution in [2.24, 2.45) is 0 Å². The lowest BCUT2D eigenvalue weighted by Gasteiger charge is -2.41. The molecule has 6 heteroatoms. The number of hydrogen-bond donors (Lipinski definition) is 0. The van der Waals surface area contributed by atoms with Crippen LogP contribution >= 0.6 is 0 Å². The third-order valence-corrected chi connectivity index (χ3v) is 6.50. The zero-order chi connectivity index (χ0) is 16.7. The molecule has 0 amide bonds. The molecule has 0 unspecified atom stereocenters. The molecule has 0 atom stereocenters. The normalized spacial score (nSPS) is 16.5. The maximum atomic E-state index is 13.1. The Hall–Kier alpha value is -2.21. The molecule has 2 aliphatic heterocycles. The molecule has 2 aliphatic rings. The van der Waals surface area contributed by atoms with Crippen molar-refractivity contribution in [2.45, 2.75) is 18.2 Å². The molecule has 0 aromatic heterocycles. The largest absolute Gasteiger partial charge is 0.489 e. The van der Waals surface area contributed by atoms with Gasteiger partial charge in [-0.3, -0.25) is 4.31 Å². The Morgan fingerprint density at radius 1 is 1.04 bits per heavy atom. The summed E-state index contributed by atoms with van der Waals surface area (Å²) in [5.41, 5.74) is 2.73. The Kier molecular flexibility index (Phi) is 3.64. The minimum atomic E-state index is -3.57. The van der Waals surface area contributed by atoms with Gasteiger partial charge in [0.1, 0.15) is 18.0 Å². The minimum Gasteiger partial charge on any atom is -0.489 e. The molecule has 2 aromatic rings. The van der Waals surface area contributed by atoms with Crippen LogP contribution in [0.4, 0.5) is 11.4 Å². The molecule has 0 fully saturated rings. The molecule has 5 nitrogen and oxygen atoms in total. The van der Waals surface area contributed by atoms with Crippen molar-refractivity contribution in [2.75, 3.05) is 35.4 Å². The Bertz CT molecular complexity index is 862. The molecule has 126 valence electrons. The number of sulfonamides is 1. The van der Waals surface area contributed by atoms with Gasteiger partial charge < -0.3 is 9.64 Å². The van der Waals surface area contributed by atoms with Crippen LogP contribution in [0.3, 0.4) is 0 Å². The van der Waals surface area contributed by atoms with Gasteiger partial charge in [0.2, 0.25) is 0 Å². The number of para-hydroxylation sites is 1. The number of ether oxygens (including phenoxy) is 1. The topological polar surface area (TPSA) is 49.9 Å². The van der Waals surface area contributed by atoms with E-state index in [2.05, 4.69) is 11.8 Å². The van der Waals surface area contributed by atoms with Gasteiger partial charge in [-0.2, -0.15) is 0 Å². The lowest BCUT2D eigenvalue weighted by atomic mass is 10.1. The molecule has 24 heavy (non-hydrogen) atoms. The standard InChI is InChI=1S/C18H20N2O3S/c1-2-14-6-8-15(9-7-14)24(21,22)20-11-10-19-12-13-23-17-5-3-4-16(20)18(17)19/h3-9H,2,10-13H2,1H3. The zero-order valence-corrected chi connectivity index (χ0v) is 14.4. The second-order valence-corrected chi connectivity index (χ2v) is 7.90. The van der Waals surface area contributed by atoms with Crippen LogP contribution in [0, 0.1) is 0 Å². The van der Waals surface area contributed by atoms with Gasteiger partial charge in [0.25, 0.3) is 10.0 Å². The number of benzene rings is 2. The fourth-order valence-electron chi connectivity index (χ4n) is 3.35. The first-order chi connectivity index (χ1) is 11.6. The summed E-state index contributed by atoms with van der Waals surface area (Å²) >= 11 is 0. The highest BCUT2D eigenvalue weighted by Gasteiger charge is 2.35. The van der Waals surface area contributed by atoms with E-state index in [9.17, 15) is 8.42 Å². The molecule has 4 rings (SSSR count). The molecule has 2 heterocycles. The Balaban J connectivity index is 1.79. The van der Waals surface area contributed by atoms with Crippen molar-refractivity contribution in [3.8, 4) is 5.75 Å². The van der Waals surface area contributed by atoms with Crippen LogP contribution in [-0.2, 0) is 16.4 Å². The predicted octanol–water partition coefficient (Wildman–Crippen LogP) is 2.66. The summed E-state index contributed by atoms with van der Waals surface area (Å²) in [6.07, 6.45) is 0.891. The first kappa shape index (κ1) is 15.3. The van der Waals surface area contributed by atoms with Crippen molar-refractivity contribution in [3.63, 3.8) is 0 Å². The van der Waals surface area contributed by atoms with Gasteiger partial charge in [-0.15, -0.1) is 0 Å². The van der Waals surface area contributed by atoms with Crippen LogP contribution < -0.4 is 13.9 Å². The van der Waals surface area contributed by atoms with Crippen LogP contribution in [0.15, 0.2) is 47.4 Å². The third-order valence-electron chi connectivity index (χ3n) is 4.67. The average molecular weight is 344 g/mol. The molecule has 0 saturated heterocycles. The number of aryl methyl sites for hydroxylation is 1. The van der Waals surface area contributed by atoms with E-state index >= 15 is 0 Å². The first-order valence-corrected chi connectivity index (χ1v) is 9.67. The molecule has 0 radical (unpaired) electrons. The van der Waals surface area contributed by atoms with E-state index in [4.69, 9.17) is 4.74 Å². The maximum absolute atomic E-state index is 13.1. The summed E-state index contributed by atoms with van der Waals surface area (Å²) in [7, 11) is -3.57. The van der Waals surface area contributed by atoms with Crippen LogP contribution in [0.1, 0.15) is 12.5 Å².